The van der Waals surface area contributed by atoms with Crippen molar-refractivity contribution in [1.82, 2.24) is 20.4 Å². The number of aliphatic hydroxyl groups excluding tert-OH is 3. The fourth-order valence-electron chi connectivity index (χ4n) is 17.8. The molecule has 3 saturated heterocycles. The molecule has 3 heterocycles. The first-order valence-electron chi connectivity index (χ1n) is 33.6. The number of ether oxygens (including phenoxy) is 9. The van der Waals surface area contributed by atoms with Gasteiger partial charge in [0.05, 0.1) is 55.6 Å². The summed E-state index contributed by atoms with van der Waals surface area (Å²) in [5.74, 6) is -6.01. The molecule has 0 bridgehead atoms. The Morgan fingerprint density at radius 2 is 1.54 bits per heavy atom. The molecule has 23 heteroatoms. The average Bonchev–Trinajstić information content (AvgIpc) is 1.61. The van der Waals surface area contributed by atoms with Gasteiger partial charge in [-0.25, -0.2) is 9.18 Å². The minimum atomic E-state index is -2.14. The number of fused-ring (bicyclic) bond motifs is 5. The third-order valence-corrected chi connectivity index (χ3v) is 23.9. The zero-order chi connectivity index (χ0) is 67.9. The third-order valence-electron chi connectivity index (χ3n) is 23.9. The molecule has 22 nitrogen and oxygen atoms in total. The fourth-order valence-corrected chi connectivity index (χ4v) is 17.8. The van der Waals surface area contributed by atoms with Crippen LogP contribution < -0.4 is 10.6 Å². The molecule has 26 atom stereocenters. The molecular weight excluding hydrogens is 1180 g/mol. The molecule has 0 amide bonds. The quantitative estimate of drug-likeness (QED) is 0.0511. The van der Waals surface area contributed by atoms with Gasteiger partial charge < -0.3 is 88.6 Å². The summed E-state index contributed by atoms with van der Waals surface area (Å²) in [6.45, 7) is 27.4. The molecule has 7 rings (SSSR count). The molecule has 5 unspecified atom stereocenters. The number of halogens is 1. The predicted molar refractivity (Wildman–Crippen MR) is 337 cm³/mol. The van der Waals surface area contributed by atoms with E-state index in [1.165, 1.54) is 33.3 Å². The largest absolute Gasteiger partial charge is 0.466 e. The van der Waals surface area contributed by atoms with Crippen molar-refractivity contribution in [3.8, 4) is 0 Å². The Balaban J connectivity index is 1.05. The van der Waals surface area contributed by atoms with E-state index in [2.05, 4.69) is 22.5 Å². The Hall–Kier alpha value is -3.11. The van der Waals surface area contributed by atoms with Crippen LogP contribution in [0.4, 0.5) is 4.39 Å². The number of carbonyl (C=O) groups is 4. The van der Waals surface area contributed by atoms with Gasteiger partial charge in [-0.05, 0) is 145 Å². The Kier molecular flexibility index (Phi) is 23.9. The standard InChI is InChI=1S/C68H115FN4O18/c1-20-51-65(14,81)56(78)43(8)73(16)36-38(3)33-63(12,84-18)57(90-59-54(77)49(72(15)21-2)31-40(5)86-59)41(6)55(42(7)58(79)88-51)89-53-35-64(13,85-19)66(82,44(9)87-53)37-71-29-28-70-27-25-52(76)91-68(60(80)83-17)39(4)30-48-47-23-22-45-32-46(74)24-26-61(45,10)67(47,69)50(75)34-62(48,68)11/h24,26,32,38-44,47-51,53-57,59,70-71,75,77-78,81-82H,20-23,25,27-31,33-37H2,1-19H3/t38-,39-,40-,41-,42-,43-,44+,47?,48?,49+,50+,51-,53?,54-,55+,56-,57-,59?,61+,62+,63-,64-,65-,66+,67+,68?/m1/s1. The van der Waals surface area contributed by atoms with Crippen LogP contribution in [-0.4, -0.2) is 241 Å². The van der Waals surface area contributed by atoms with Gasteiger partial charge in [-0.1, -0.05) is 53.2 Å². The highest BCUT2D eigenvalue weighted by Crippen LogP contribution is 2.71. The number of aliphatic hydroxyl groups is 5. The molecule has 7 N–H and O–H groups in total. The summed E-state index contributed by atoms with van der Waals surface area (Å²) in [7, 11) is 8.15. The number of hydrogen-bond donors (Lipinski definition) is 7. The van der Waals surface area contributed by atoms with Crippen molar-refractivity contribution >= 4 is 23.7 Å². The number of rotatable bonds is 19. The molecule has 3 saturated carbocycles. The molecule has 6 fully saturated rings. The zero-order valence-corrected chi connectivity index (χ0v) is 58.0. The highest BCUT2D eigenvalue weighted by Gasteiger charge is 2.78. The van der Waals surface area contributed by atoms with Crippen LogP contribution in [-0.2, 0) is 61.8 Å². The number of ketones is 1. The number of allylic oxidation sites excluding steroid dienone is 4. The topological polar surface area (TPSA) is 283 Å². The summed E-state index contributed by atoms with van der Waals surface area (Å²) in [5, 5.41) is 67.2. The van der Waals surface area contributed by atoms with Crippen LogP contribution in [0.5, 0.6) is 0 Å². The molecule has 0 spiro atoms. The number of carbonyl (C=O) groups excluding carboxylic acids is 4. The second kappa shape index (κ2) is 28.9. The van der Waals surface area contributed by atoms with E-state index in [1.807, 2.05) is 60.5 Å². The summed E-state index contributed by atoms with van der Waals surface area (Å²) in [6.07, 6.45) is -4.12. The van der Waals surface area contributed by atoms with Gasteiger partial charge in [-0.2, -0.15) is 0 Å². The molecular formula is C68H115FN4O18. The van der Waals surface area contributed by atoms with Crippen molar-refractivity contribution in [3.05, 3.63) is 23.8 Å². The lowest BCUT2D eigenvalue weighted by atomic mass is 9.44. The molecule has 4 aliphatic carbocycles. The van der Waals surface area contributed by atoms with Crippen LogP contribution in [0.2, 0.25) is 0 Å². The van der Waals surface area contributed by atoms with Crippen molar-refractivity contribution < 1.29 is 91.7 Å². The summed E-state index contributed by atoms with van der Waals surface area (Å²) in [5.41, 5.74) is -11.7. The second-order valence-electron chi connectivity index (χ2n) is 29.5. The number of nitrogens with zero attached hydrogens (tertiary/aromatic N) is 2. The number of cyclic esters (lactones) is 1. The van der Waals surface area contributed by atoms with Gasteiger partial charge in [0.1, 0.15) is 35.1 Å². The summed E-state index contributed by atoms with van der Waals surface area (Å²) in [4.78, 5) is 59.4. The van der Waals surface area contributed by atoms with Crippen molar-refractivity contribution in [1.29, 1.82) is 0 Å². The van der Waals surface area contributed by atoms with Crippen LogP contribution in [0.15, 0.2) is 23.8 Å². The lowest BCUT2D eigenvalue weighted by Gasteiger charge is -2.62. The number of methoxy groups -OCH3 is 3. The molecule has 0 aromatic heterocycles. The van der Waals surface area contributed by atoms with Gasteiger partial charge >= 0.3 is 17.9 Å². The van der Waals surface area contributed by atoms with Crippen LogP contribution >= 0.6 is 0 Å². The predicted octanol–water partition coefficient (Wildman–Crippen LogP) is 4.96. The van der Waals surface area contributed by atoms with Crippen molar-refractivity contribution in [2.45, 2.75) is 262 Å². The highest BCUT2D eigenvalue weighted by atomic mass is 19.1. The van der Waals surface area contributed by atoms with Crippen LogP contribution in [0.3, 0.4) is 0 Å². The minimum absolute atomic E-state index is 0.0103. The maximum atomic E-state index is 17.9. The number of alkyl halides is 1. The van der Waals surface area contributed by atoms with E-state index >= 15 is 4.39 Å². The smallest absolute Gasteiger partial charge is 0.351 e. The number of nitrogens with one attached hydrogen (secondary N) is 2. The molecule has 91 heavy (non-hydrogen) atoms. The highest BCUT2D eigenvalue weighted by molar-refractivity contribution is 6.01. The molecule has 0 radical (unpaired) electrons. The summed E-state index contributed by atoms with van der Waals surface area (Å²) < 4.78 is 75.9. The molecule has 522 valence electrons. The van der Waals surface area contributed by atoms with Gasteiger partial charge in [0.2, 0.25) is 5.60 Å². The summed E-state index contributed by atoms with van der Waals surface area (Å²) >= 11 is 0. The Labute approximate surface area is 540 Å². The first kappa shape index (κ1) is 75.3. The van der Waals surface area contributed by atoms with E-state index in [1.54, 1.807) is 54.7 Å². The average molecular weight is 1300 g/mol. The van der Waals surface area contributed by atoms with Crippen molar-refractivity contribution in [2.24, 2.45) is 46.3 Å². The maximum Gasteiger partial charge on any atom is 0.351 e. The molecule has 0 aromatic carbocycles. The van der Waals surface area contributed by atoms with Crippen molar-refractivity contribution in [3.63, 3.8) is 0 Å². The molecule has 3 aliphatic heterocycles. The maximum absolute atomic E-state index is 17.9. The van der Waals surface area contributed by atoms with E-state index in [0.29, 0.717) is 63.9 Å². The van der Waals surface area contributed by atoms with Gasteiger partial charge in [0.15, 0.2) is 24.0 Å². The van der Waals surface area contributed by atoms with E-state index in [-0.39, 0.29) is 62.6 Å². The first-order valence-corrected chi connectivity index (χ1v) is 33.6. The molecule has 0 aromatic rings. The van der Waals surface area contributed by atoms with Gasteiger partial charge in [0, 0.05) is 94.0 Å². The number of likely N-dealkylation sites (N-methyl/N-ethyl adjacent to an activating group) is 2. The number of hydrogen-bond acceptors (Lipinski definition) is 22. The Bertz CT molecular complexity index is 2600. The second-order valence-corrected chi connectivity index (χ2v) is 29.5. The first-order chi connectivity index (χ1) is 42.4. The van der Waals surface area contributed by atoms with Gasteiger partial charge in [-0.3, -0.25) is 14.4 Å². The lowest BCUT2D eigenvalue weighted by Crippen LogP contribution is -2.70. The van der Waals surface area contributed by atoms with E-state index in [9.17, 15) is 44.7 Å². The van der Waals surface area contributed by atoms with Gasteiger partial charge in [0.25, 0.3) is 0 Å². The normalized spacial score (nSPS) is 46.9. The third kappa shape index (κ3) is 13.7. The van der Waals surface area contributed by atoms with Crippen molar-refractivity contribution in [2.75, 3.05) is 74.7 Å². The Morgan fingerprint density at radius 3 is 2.16 bits per heavy atom. The van der Waals surface area contributed by atoms with Crippen LogP contribution in [0.25, 0.3) is 0 Å². The van der Waals surface area contributed by atoms with E-state index in [4.69, 9.17) is 42.6 Å². The zero-order valence-electron chi connectivity index (χ0n) is 58.0. The lowest BCUT2D eigenvalue weighted by molar-refractivity contribution is -0.337. The van der Waals surface area contributed by atoms with E-state index < -0.39 is 153 Å². The Morgan fingerprint density at radius 1 is 0.868 bits per heavy atom. The van der Waals surface area contributed by atoms with E-state index in [0.717, 1.165) is 0 Å². The van der Waals surface area contributed by atoms with Crippen LogP contribution in [0.1, 0.15) is 155 Å². The minimum Gasteiger partial charge on any atom is -0.466 e. The molecule has 7 aliphatic rings. The number of esters is 3. The van der Waals surface area contributed by atoms with Gasteiger partial charge in [-0.15, -0.1) is 0 Å². The summed E-state index contributed by atoms with van der Waals surface area (Å²) in [6, 6.07) is -0.858. The fraction of sp³-hybridized carbons (Fsp3) is 0.882. The SMILES string of the molecule is CC[C@H]1OC(=O)[C@H](C)[C@@H](OC2C[C@@](C)(OC)[C@](O)(CNCCNCCC(=O)OC3(C(=O)OC)[C@H](C)CC4C5CCC6=CC(=O)C=C[C@]6(C)[C@@]5(F)[C@@H](O)C[C@@]43C)[C@H](C)O2)[C@@H](C)[C@@H](OC2O[C@H](C)C[C@H](N(C)CC)[C@H]2O)[C@](C)(OC)C[C@@H](C)CN(C)[C@H](C)[C@@H](O)[C@]1(C)O. The monoisotopic (exact) mass is 1290 g/mol. The van der Waals surface area contributed by atoms with Crippen LogP contribution in [0, 0.1) is 46.3 Å².